The number of anilines is 1. The van der Waals surface area contributed by atoms with E-state index >= 15 is 0 Å². The lowest BCUT2D eigenvalue weighted by atomic mass is 10.0. The van der Waals surface area contributed by atoms with E-state index in [-0.39, 0.29) is 5.75 Å². The Morgan fingerprint density at radius 3 is 2.32 bits per heavy atom. The Morgan fingerprint density at radius 2 is 1.64 bits per heavy atom. The molecule has 2 aromatic carbocycles. The van der Waals surface area contributed by atoms with Crippen LogP contribution in [0.5, 0.6) is 17.2 Å². The smallest absolute Gasteiger partial charge is 0.194 e. The van der Waals surface area contributed by atoms with Crippen LogP contribution in [-0.4, -0.2) is 15.3 Å². The summed E-state index contributed by atoms with van der Waals surface area (Å²) < 4.78 is 7.75. The molecule has 25 heavy (non-hydrogen) atoms. The molecule has 0 saturated heterocycles. The zero-order chi connectivity index (χ0) is 17.4. The third-order valence-electron chi connectivity index (χ3n) is 3.99. The van der Waals surface area contributed by atoms with Crippen molar-refractivity contribution in [1.82, 2.24) is 10.2 Å². The highest BCUT2D eigenvalue weighted by atomic mass is 16.5. The van der Waals surface area contributed by atoms with E-state index in [0.29, 0.717) is 17.3 Å². The van der Waals surface area contributed by atoms with Crippen molar-refractivity contribution in [3.8, 4) is 28.4 Å². The number of ether oxygens (including phenoxy) is 1. The first-order chi connectivity index (χ1) is 12.1. The fraction of sp³-hybridized carbons (Fsp3) is 0.0526. The van der Waals surface area contributed by atoms with Gasteiger partial charge in [-0.3, -0.25) is 5.10 Å². The average Bonchev–Trinajstić information content (AvgIpc) is 2.98. The molecule has 6 nitrogen and oxygen atoms in total. The molecule has 0 amide bonds. The number of nitrogens with one attached hydrogen (secondary N) is 1. The second kappa shape index (κ2) is 5.83. The number of aromatic hydroxyl groups is 1. The number of aromatic amines is 1. The predicted octanol–water partition coefficient (Wildman–Crippen LogP) is 3.13. The summed E-state index contributed by atoms with van der Waals surface area (Å²) in [6.45, 7) is 0. The zero-order valence-corrected chi connectivity index (χ0v) is 13.6. The van der Waals surface area contributed by atoms with Gasteiger partial charge in [0, 0.05) is 0 Å². The van der Waals surface area contributed by atoms with Gasteiger partial charge >= 0.3 is 0 Å². The molecule has 6 heteroatoms. The van der Waals surface area contributed by atoms with E-state index in [4.69, 9.17) is 10.5 Å². The van der Waals surface area contributed by atoms with Crippen molar-refractivity contribution in [2.24, 2.45) is 7.05 Å². The van der Waals surface area contributed by atoms with Crippen molar-refractivity contribution in [2.75, 3.05) is 5.73 Å². The largest absolute Gasteiger partial charge is 0.508 e. The van der Waals surface area contributed by atoms with E-state index in [2.05, 4.69) is 10.2 Å². The second-order valence-corrected chi connectivity index (χ2v) is 5.86. The summed E-state index contributed by atoms with van der Waals surface area (Å²) >= 11 is 0. The van der Waals surface area contributed by atoms with Crippen molar-refractivity contribution >= 4 is 16.7 Å². The van der Waals surface area contributed by atoms with Crippen LogP contribution >= 0.6 is 0 Å². The molecule has 4 rings (SSSR count). The molecule has 0 saturated carbocycles. The van der Waals surface area contributed by atoms with Crippen LogP contribution in [0.1, 0.15) is 0 Å². The summed E-state index contributed by atoms with van der Waals surface area (Å²) in [6, 6.07) is 14.4. The third kappa shape index (κ3) is 2.85. The normalized spacial score (nSPS) is 10.9. The van der Waals surface area contributed by atoms with Crippen LogP contribution < -0.4 is 15.0 Å². The first-order valence-corrected chi connectivity index (χ1v) is 7.80. The van der Waals surface area contributed by atoms with Crippen LogP contribution in [0.4, 0.5) is 5.82 Å². The Hall–Kier alpha value is -3.54. The van der Waals surface area contributed by atoms with Crippen molar-refractivity contribution in [3.05, 3.63) is 60.9 Å². The summed E-state index contributed by atoms with van der Waals surface area (Å²) in [7, 11) is 1.96. The maximum atomic E-state index is 9.32. The highest BCUT2D eigenvalue weighted by Gasteiger charge is 2.15. The standard InChI is InChI=1S/C19H16N4O2/c1-23-10-16(18-17(11-23)21-22-19(18)20)12-2-6-14(7-3-12)25-15-8-4-13(24)5-9-15/h2-11,24H,20H2,1H3/p+1. The van der Waals surface area contributed by atoms with E-state index in [1.165, 1.54) is 0 Å². The van der Waals surface area contributed by atoms with E-state index < -0.39 is 0 Å². The van der Waals surface area contributed by atoms with Crippen LogP contribution in [0.15, 0.2) is 60.9 Å². The molecular formula is C19H17N4O2+. The van der Waals surface area contributed by atoms with Crippen LogP contribution in [0, 0.1) is 0 Å². The van der Waals surface area contributed by atoms with Gasteiger partial charge in [-0.15, -0.1) is 0 Å². The number of nitrogen functional groups attached to an aromatic ring is 1. The number of pyridine rings is 1. The van der Waals surface area contributed by atoms with Gasteiger partial charge in [-0.2, -0.15) is 5.10 Å². The molecule has 0 aliphatic carbocycles. The first-order valence-electron chi connectivity index (χ1n) is 7.80. The molecule has 124 valence electrons. The maximum Gasteiger partial charge on any atom is 0.194 e. The highest BCUT2D eigenvalue weighted by Crippen LogP contribution is 2.31. The minimum Gasteiger partial charge on any atom is -0.508 e. The number of aryl methyl sites for hydroxylation is 1. The fourth-order valence-corrected chi connectivity index (χ4v) is 2.83. The van der Waals surface area contributed by atoms with E-state index in [9.17, 15) is 5.11 Å². The summed E-state index contributed by atoms with van der Waals surface area (Å²) in [5, 5.41) is 17.3. The van der Waals surface area contributed by atoms with Crippen LogP contribution in [0.25, 0.3) is 22.0 Å². The van der Waals surface area contributed by atoms with Gasteiger partial charge in [-0.25, -0.2) is 4.57 Å². The van der Waals surface area contributed by atoms with Crippen LogP contribution in [0.3, 0.4) is 0 Å². The van der Waals surface area contributed by atoms with Crippen molar-refractivity contribution < 1.29 is 14.4 Å². The Morgan fingerprint density at radius 1 is 1.00 bits per heavy atom. The molecule has 0 unspecified atom stereocenters. The van der Waals surface area contributed by atoms with Gasteiger partial charge in [0.25, 0.3) is 0 Å². The molecule has 2 heterocycles. The van der Waals surface area contributed by atoms with Crippen molar-refractivity contribution in [3.63, 3.8) is 0 Å². The molecule has 0 bridgehead atoms. The number of H-pyrrole nitrogens is 1. The van der Waals surface area contributed by atoms with Gasteiger partial charge in [-0.1, -0.05) is 12.1 Å². The number of hydrogen-bond donors (Lipinski definition) is 3. The Bertz CT molecular complexity index is 1040. The van der Waals surface area contributed by atoms with Gasteiger partial charge in [0.1, 0.15) is 29.8 Å². The van der Waals surface area contributed by atoms with Crippen molar-refractivity contribution in [1.29, 1.82) is 0 Å². The molecule has 0 fully saturated rings. The molecular weight excluding hydrogens is 316 g/mol. The molecule has 0 atom stereocenters. The molecule has 0 radical (unpaired) electrons. The molecule has 0 aliphatic heterocycles. The number of rotatable bonds is 3. The average molecular weight is 333 g/mol. The summed E-state index contributed by atoms with van der Waals surface area (Å²) in [5.74, 6) is 2.07. The molecule has 4 aromatic rings. The van der Waals surface area contributed by atoms with Gasteiger partial charge in [0.15, 0.2) is 18.2 Å². The third-order valence-corrected chi connectivity index (χ3v) is 3.99. The lowest BCUT2D eigenvalue weighted by Crippen LogP contribution is -2.26. The van der Waals surface area contributed by atoms with Gasteiger partial charge in [-0.05, 0) is 42.0 Å². The number of phenols is 1. The number of phenolic OH excluding ortho intramolecular Hbond substituents is 1. The molecule has 0 aliphatic rings. The summed E-state index contributed by atoms with van der Waals surface area (Å²) in [5.41, 5.74) is 8.93. The van der Waals surface area contributed by atoms with Crippen molar-refractivity contribution in [2.45, 2.75) is 0 Å². The van der Waals surface area contributed by atoms with E-state index in [0.717, 1.165) is 22.0 Å². The minimum absolute atomic E-state index is 0.210. The van der Waals surface area contributed by atoms with E-state index in [1.807, 2.05) is 48.3 Å². The number of fused-ring (bicyclic) bond motifs is 1. The molecule has 4 N–H and O–H groups in total. The Kier molecular flexibility index (Phi) is 3.50. The van der Waals surface area contributed by atoms with Gasteiger partial charge in [0.05, 0.1) is 10.9 Å². The Labute approximate surface area is 144 Å². The number of nitrogens with zero attached hydrogens (tertiary/aromatic N) is 2. The van der Waals surface area contributed by atoms with Crippen LogP contribution in [-0.2, 0) is 7.05 Å². The van der Waals surface area contributed by atoms with Crippen LogP contribution in [0.2, 0.25) is 0 Å². The number of hydrogen-bond acceptors (Lipinski definition) is 4. The molecule has 0 spiro atoms. The number of nitrogens with two attached hydrogens (primary N) is 1. The fourth-order valence-electron chi connectivity index (χ4n) is 2.83. The Balaban J connectivity index is 1.68. The number of benzene rings is 2. The van der Waals surface area contributed by atoms with Gasteiger partial charge in [0.2, 0.25) is 0 Å². The lowest BCUT2D eigenvalue weighted by Gasteiger charge is -2.07. The zero-order valence-electron chi connectivity index (χ0n) is 13.6. The quantitative estimate of drug-likeness (QED) is 0.503. The summed E-state index contributed by atoms with van der Waals surface area (Å²) in [6.07, 6.45) is 3.97. The lowest BCUT2D eigenvalue weighted by molar-refractivity contribution is -0.669. The topological polar surface area (TPSA) is 88.0 Å². The minimum atomic E-state index is 0.210. The summed E-state index contributed by atoms with van der Waals surface area (Å²) in [4.78, 5) is 0. The van der Waals surface area contributed by atoms with Gasteiger partial charge < -0.3 is 15.6 Å². The second-order valence-electron chi connectivity index (χ2n) is 5.86. The highest BCUT2D eigenvalue weighted by molar-refractivity contribution is 6.00. The predicted molar refractivity (Wildman–Crippen MR) is 95.3 cm³/mol. The monoisotopic (exact) mass is 333 g/mol. The van der Waals surface area contributed by atoms with E-state index in [1.54, 1.807) is 24.3 Å². The SMILES string of the molecule is C[n+]1cc(-c2ccc(Oc3ccc(O)cc3)cc2)c2c(N)n[nH]c2c1. The molecule has 2 aromatic heterocycles. The number of aromatic nitrogens is 3. The maximum absolute atomic E-state index is 9.32. The first kappa shape index (κ1) is 15.0.